The SMILES string of the molecule is CN=C(N=C(N)C(C)(C)C)c1ccc2ccccc2c1. The van der Waals surface area contributed by atoms with Crippen LogP contribution in [0.5, 0.6) is 0 Å². The van der Waals surface area contributed by atoms with Crippen molar-refractivity contribution in [1.29, 1.82) is 0 Å². The van der Waals surface area contributed by atoms with Gasteiger partial charge in [0.25, 0.3) is 0 Å². The third kappa shape index (κ3) is 3.05. The van der Waals surface area contributed by atoms with Gasteiger partial charge >= 0.3 is 0 Å². The first-order valence-electron chi connectivity index (χ1n) is 6.72. The molecule has 0 aromatic heterocycles. The van der Waals surface area contributed by atoms with Gasteiger partial charge in [0.1, 0.15) is 5.84 Å². The topological polar surface area (TPSA) is 50.7 Å². The summed E-state index contributed by atoms with van der Waals surface area (Å²) in [7, 11) is 1.74. The third-order valence-corrected chi connectivity index (χ3v) is 3.21. The minimum atomic E-state index is -0.160. The highest BCUT2D eigenvalue weighted by molar-refractivity contribution is 6.08. The molecule has 0 unspecified atom stereocenters. The first-order chi connectivity index (χ1) is 9.41. The molecular weight excluding hydrogens is 246 g/mol. The van der Waals surface area contributed by atoms with Crippen LogP contribution < -0.4 is 5.73 Å². The number of nitrogens with two attached hydrogens (primary N) is 1. The molecule has 0 aliphatic heterocycles. The molecule has 0 heterocycles. The second-order valence-corrected chi connectivity index (χ2v) is 5.86. The maximum Gasteiger partial charge on any atom is 0.156 e. The van der Waals surface area contributed by atoms with Crippen LogP contribution in [0.4, 0.5) is 0 Å². The van der Waals surface area contributed by atoms with Gasteiger partial charge in [-0.25, -0.2) is 4.99 Å². The fraction of sp³-hybridized carbons (Fsp3) is 0.294. The largest absolute Gasteiger partial charge is 0.387 e. The number of hydrogen-bond acceptors (Lipinski definition) is 1. The van der Waals surface area contributed by atoms with E-state index in [2.05, 4.69) is 34.3 Å². The summed E-state index contributed by atoms with van der Waals surface area (Å²) in [5.74, 6) is 1.26. The number of rotatable bonds is 1. The predicted molar refractivity (Wildman–Crippen MR) is 87.5 cm³/mol. The summed E-state index contributed by atoms with van der Waals surface area (Å²) < 4.78 is 0. The number of fused-ring (bicyclic) bond motifs is 1. The van der Waals surface area contributed by atoms with E-state index < -0.39 is 0 Å². The normalized spacial score (nSPS) is 13.8. The van der Waals surface area contributed by atoms with E-state index in [4.69, 9.17) is 5.73 Å². The summed E-state index contributed by atoms with van der Waals surface area (Å²) in [6, 6.07) is 14.5. The van der Waals surface area contributed by atoms with Gasteiger partial charge in [0.05, 0.1) is 0 Å². The van der Waals surface area contributed by atoms with Gasteiger partial charge in [0.15, 0.2) is 5.84 Å². The fourth-order valence-electron chi connectivity index (χ4n) is 1.85. The molecule has 2 aromatic rings. The van der Waals surface area contributed by atoms with Crippen molar-refractivity contribution < 1.29 is 0 Å². The Morgan fingerprint density at radius 2 is 1.65 bits per heavy atom. The molecule has 0 aliphatic rings. The summed E-state index contributed by atoms with van der Waals surface area (Å²) in [5, 5.41) is 2.38. The van der Waals surface area contributed by atoms with Crippen LogP contribution >= 0.6 is 0 Å². The van der Waals surface area contributed by atoms with Crippen molar-refractivity contribution in [3.63, 3.8) is 0 Å². The number of amidine groups is 2. The number of aliphatic imine (C=N–C) groups is 2. The zero-order chi connectivity index (χ0) is 14.8. The number of benzene rings is 2. The Morgan fingerprint density at radius 3 is 2.25 bits per heavy atom. The van der Waals surface area contributed by atoms with Gasteiger partial charge in [-0.2, -0.15) is 0 Å². The zero-order valence-corrected chi connectivity index (χ0v) is 12.5. The second-order valence-electron chi connectivity index (χ2n) is 5.86. The summed E-state index contributed by atoms with van der Waals surface area (Å²) in [5.41, 5.74) is 6.87. The van der Waals surface area contributed by atoms with E-state index >= 15 is 0 Å². The maximum atomic E-state index is 6.05. The molecule has 0 saturated carbocycles. The van der Waals surface area contributed by atoms with E-state index in [1.807, 2.05) is 39.0 Å². The molecule has 0 fully saturated rings. The van der Waals surface area contributed by atoms with Crippen molar-refractivity contribution in [2.24, 2.45) is 21.1 Å². The lowest BCUT2D eigenvalue weighted by Gasteiger charge is -2.17. The Hall–Kier alpha value is -2.16. The highest BCUT2D eigenvalue weighted by Crippen LogP contribution is 2.18. The Labute approximate surface area is 120 Å². The molecule has 3 heteroatoms. The highest BCUT2D eigenvalue weighted by atomic mass is 15.0. The van der Waals surface area contributed by atoms with Gasteiger partial charge in [0.2, 0.25) is 0 Å². The summed E-state index contributed by atoms with van der Waals surface area (Å²) in [4.78, 5) is 8.76. The quantitative estimate of drug-likeness (QED) is 0.622. The first kappa shape index (κ1) is 14.3. The monoisotopic (exact) mass is 267 g/mol. The van der Waals surface area contributed by atoms with Crippen molar-refractivity contribution in [1.82, 2.24) is 0 Å². The van der Waals surface area contributed by atoms with Crippen LogP contribution in [0.1, 0.15) is 26.3 Å². The summed E-state index contributed by atoms with van der Waals surface area (Å²) in [6.45, 7) is 6.12. The van der Waals surface area contributed by atoms with E-state index in [9.17, 15) is 0 Å². The molecule has 0 amide bonds. The molecule has 2 N–H and O–H groups in total. The van der Waals surface area contributed by atoms with E-state index in [1.54, 1.807) is 7.05 Å². The first-order valence-corrected chi connectivity index (χ1v) is 6.72. The fourth-order valence-corrected chi connectivity index (χ4v) is 1.85. The zero-order valence-electron chi connectivity index (χ0n) is 12.5. The minimum absolute atomic E-state index is 0.160. The molecular formula is C17H21N3. The molecule has 3 nitrogen and oxygen atoms in total. The lowest BCUT2D eigenvalue weighted by Crippen LogP contribution is -2.30. The summed E-state index contributed by atoms with van der Waals surface area (Å²) in [6.07, 6.45) is 0. The lowest BCUT2D eigenvalue weighted by atomic mass is 9.95. The number of hydrogen-bond donors (Lipinski definition) is 1. The van der Waals surface area contributed by atoms with Crippen molar-refractivity contribution >= 4 is 22.4 Å². The second kappa shape index (κ2) is 5.45. The van der Waals surface area contributed by atoms with Gasteiger partial charge in [-0.05, 0) is 16.8 Å². The lowest BCUT2D eigenvalue weighted by molar-refractivity contribution is 0.586. The molecule has 2 aromatic carbocycles. The van der Waals surface area contributed by atoms with E-state index in [-0.39, 0.29) is 5.41 Å². The minimum Gasteiger partial charge on any atom is -0.387 e. The van der Waals surface area contributed by atoms with Crippen LogP contribution in [0.2, 0.25) is 0 Å². The van der Waals surface area contributed by atoms with Crippen LogP contribution in [0.3, 0.4) is 0 Å². The number of nitrogens with zero attached hydrogens (tertiary/aromatic N) is 2. The Morgan fingerprint density at radius 1 is 1.00 bits per heavy atom. The van der Waals surface area contributed by atoms with Crippen molar-refractivity contribution in [2.75, 3.05) is 7.05 Å². The molecule has 0 aliphatic carbocycles. The van der Waals surface area contributed by atoms with Crippen LogP contribution in [0.15, 0.2) is 52.4 Å². The van der Waals surface area contributed by atoms with Crippen molar-refractivity contribution in [3.8, 4) is 0 Å². The van der Waals surface area contributed by atoms with Crippen molar-refractivity contribution in [3.05, 3.63) is 48.0 Å². The van der Waals surface area contributed by atoms with Gasteiger partial charge in [-0.1, -0.05) is 57.2 Å². The average Bonchev–Trinajstić information content (AvgIpc) is 2.43. The molecule has 0 radical (unpaired) electrons. The molecule has 104 valence electrons. The molecule has 0 spiro atoms. The maximum absolute atomic E-state index is 6.05. The molecule has 20 heavy (non-hydrogen) atoms. The average molecular weight is 267 g/mol. The third-order valence-electron chi connectivity index (χ3n) is 3.21. The van der Waals surface area contributed by atoms with Crippen molar-refractivity contribution in [2.45, 2.75) is 20.8 Å². The van der Waals surface area contributed by atoms with Gasteiger partial charge in [-0.3, -0.25) is 4.99 Å². The Bertz CT molecular complexity index is 676. The molecule has 2 rings (SSSR count). The molecule has 0 saturated heterocycles. The van der Waals surface area contributed by atoms with E-state index in [1.165, 1.54) is 10.8 Å². The van der Waals surface area contributed by atoms with Crippen LogP contribution in [0.25, 0.3) is 10.8 Å². The smallest absolute Gasteiger partial charge is 0.156 e. The van der Waals surface area contributed by atoms with Crippen LogP contribution in [0, 0.1) is 5.41 Å². The van der Waals surface area contributed by atoms with E-state index in [0.29, 0.717) is 11.7 Å². The highest BCUT2D eigenvalue weighted by Gasteiger charge is 2.16. The Kier molecular flexibility index (Phi) is 3.89. The van der Waals surface area contributed by atoms with Crippen LogP contribution in [-0.4, -0.2) is 18.7 Å². The predicted octanol–water partition coefficient (Wildman–Crippen LogP) is 3.62. The van der Waals surface area contributed by atoms with Gasteiger partial charge in [-0.15, -0.1) is 0 Å². The Balaban J connectivity index is 2.46. The molecule has 0 bridgehead atoms. The van der Waals surface area contributed by atoms with Gasteiger partial charge in [0, 0.05) is 18.0 Å². The summed E-state index contributed by atoms with van der Waals surface area (Å²) >= 11 is 0. The standard InChI is InChI=1S/C17H21N3/c1-17(2,3)16(18)20-15(19-4)14-10-9-12-7-5-6-8-13(12)11-14/h5-11H,1-4H3,(H2,18,19,20). The van der Waals surface area contributed by atoms with Crippen LogP contribution in [-0.2, 0) is 0 Å². The van der Waals surface area contributed by atoms with Gasteiger partial charge < -0.3 is 5.73 Å². The van der Waals surface area contributed by atoms with E-state index in [0.717, 1.165) is 5.56 Å². The molecule has 0 atom stereocenters.